The zero-order valence-electron chi connectivity index (χ0n) is 8.38. The molecular weight excluding hydrogens is 160 g/mol. The van der Waals surface area contributed by atoms with Crippen LogP contribution in [0.25, 0.3) is 0 Å². The van der Waals surface area contributed by atoms with E-state index in [1.165, 1.54) is 25.7 Å². The molecule has 2 aliphatic carbocycles. The van der Waals surface area contributed by atoms with Crippen molar-refractivity contribution >= 4 is 5.78 Å². The molecule has 1 spiro atoms. The summed E-state index contributed by atoms with van der Waals surface area (Å²) in [6.45, 7) is 2.35. The third-order valence-corrected chi connectivity index (χ3v) is 3.95. The van der Waals surface area contributed by atoms with Crippen LogP contribution in [0.15, 0.2) is 12.2 Å². The fourth-order valence-electron chi connectivity index (χ4n) is 2.84. The lowest BCUT2D eigenvalue weighted by Crippen LogP contribution is -2.32. The van der Waals surface area contributed by atoms with Crippen LogP contribution in [0, 0.1) is 11.3 Å². The molecule has 72 valence electrons. The molecular formula is C12H18O. The van der Waals surface area contributed by atoms with Crippen molar-refractivity contribution in [3.63, 3.8) is 0 Å². The fraction of sp³-hybridized carbons (Fsp3) is 0.750. The van der Waals surface area contributed by atoms with Gasteiger partial charge < -0.3 is 0 Å². The first-order valence-corrected chi connectivity index (χ1v) is 5.45. The lowest BCUT2D eigenvalue weighted by molar-refractivity contribution is -0.116. The Bertz CT molecular complexity index is 242. The standard InChI is InChI=1S/C12H18O/c1-10-4-2-3-7-12(10)8-5-11(13)6-9-12/h5,8,10H,2-4,6-7,9H2,1H3. The summed E-state index contributed by atoms with van der Waals surface area (Å²) >= 11 is 0. The predicted octanol–water partition coefficient (Wildman–Crippen LogP) is 3.10. The van der Waals surface area contributed by atoms with Gasteiger partial charge in [-0.3, -0.25) is 4.79 Å². The summed E-state index contributed by atoms with van der Waals surface area (Å²) in [7, 11) is 0. The van der Waals surface area contributed by atoms with Crippen LogP contribution in [-0.4, -0.2) is 5.78 Å². The zero-order valence-corrected chi connectivity index (χ0v) is 8.38. The largest absolute Gasteiger partial charge is 0.295 e. The average molecular weight is 178 g/mol. The molecule has 2 unspecified atom stereocenters. The molecule has 0 amide bonds. The molecule has 13 heavy (non-hydrogen) atoms. The second-order valence-corrected chi connectivity index (χ2v) is 4.68. The maximum Gasteiger partial charge on any atom is 0.155 e. The molecule has 0 N–H and O–H groups in total. The predicted molar refractivity (Wildman–Crippen MR) is 53.4 cm³/mol. The number of ketones is 1. The van der Waals surface area contributed by atoms with E-state index in [1.807, 2.05) is 6.08 Å². The van der Waals surface area contributed by atoms with E-state index in [0.717, 1.165) is 18.8 Å². The summed E-state index contributed by atoms with van der Waals surface area (Å²) in [4.78, 5) is 11.1. The molecule has 2 atom stereocenters. The van der Waals surface area contributed by atoms with Crippen molar-refractivity contribution in [1.82, 2.24) is 0 Å². The summed E-state index contributed by atoms with van der Waals surface area (Å²) in [6.07, 6.45) is 11.3. The van der Waals surface area contributed by atoms with E-state index >= 15 is 0 Å². The van der Waals surface area contributed by atoms with Gasteiger partial charge in [-0.2, -0.15) is 0 Å². The van der Waals surface area contributed by atoms with Crippen LogP contribution in [0.3, 0.4) is 0 Å². The number of hydrogen-bond acceptors (Lipinski definition) is 1. The average Bonchev–Trinajstić information content (AvgIpc) is 2.15. The summed E-state index contributed by atoms with van der Waals surface area (Å²) < 4.78 is 0. The van der Waals surface area contributed by atoms with E-state index in [4.69, 9.17) is 0 Å². The second kappa shape index (κ2) is 3.28. The third kappa shape index (κ3) is 1.56. The minimum atomic E-state index is 0.323. The third-order valence-electron chi connectivity index (χ3n) is 3.95. The molecule has 0 saturated heterocycles. The molecule has 0 heterocycles. The highest BCUT2D eigenvalue weighted by atomic mass is 16.1. The van der Waals surface area contributed by atoms with Crippen molar-refractivity contribution in [2.24, 2.45) is 11.3 Å². The van der Waals surface area contributed by atoms with Crippen molar-refractivity contribution in [3.05, 3.63) is 12.2 Å². The highest BCUT2D eigenvalue weighted by molar-refractivity contribution is 5.90. The van der Waals surface area contributed by atoms with Crippen LogP contribution in [0.5, 0.6) is 0 Å². The Kier molecular flexibility index (Phi) is 2.27. The molecule has 0 aromatic heterocycles. The van der Waals surface area contributed by atoms with E-state index < -0.39 is 0 Å². The van der Waals surface area contributed by atoms with Gasteiger partial charge in [0.2, 0.25) is 0 Å². The molecule has 0 aromatic carbocycles. The highest BCUT2D eigenvalue weighted by Crippen LogP contribution is 2.47. The van der Waals surface area contributed by atoms with Crippen LogP contribution in [0.1, 0.15) is 45.4 Å². The lowest BCUT2D eigenvalue weighted by Gasteiger charge is -2.42. The zero-order chi connectivity index (χ0) is 9.31. The number of carbonyl (C=O) groups excluding carboxylic acids is 1. The minimum absolute atomic E-state index is 0.323. The maximum atomic E-state index is 11.1. The van der Waals surface area contributed by atoms with Crippen molar-refractivity contribution < 1.29 is 4.79 Å². The van der Waals surface area contributed by atoms with Gasteiger partial charge in [-0.1, -0.05) is 25.8 Å². The SMILES string of the molecule is CC1CCCCC12C=CC(=O)CC2. The summed E-state index contributed by atoms with van der Waals surface area (Å²) in [5, 5.41) is 0. The fourth-order valence-corrected chi connectivity index (χ4v) is 2.84. The van der Waals surface area contributed by atoms with Gasteiger partial charge in [-0.25, -0.2) is 0 Å². The first kappa shape index (κ1) is 8.98. The van der Waals surface area contributed by atoms with E-state index in [2.05, 4.69) is 13.0 Å². The molecule has 0 aromatic rings. The minimum Gasteiger partial charge on any atom is -0.295 e. The van der Waals surface area contributed by atoms with Crippen LogP contribution in [0.4, 0.5) is 0 Å². The molecule has 1 heteroatoms. The van der Waals surface area contributed by atoms with Crippen molar-refractivity contribution in [3.8, 4) is 0 Å². The van der Waals surface area contributed by atoms with Crippen LogP contribution in [-0.2, 0) is 4.79 Å². The molecule has 0 radical (unpaired) electrons. The lowest BCUT2D eigenvalue weighted by atomic mass is 9.63. The van der Waals surface area contributed by atoms with Gasteiger partial charge in [0.25, 0.3) is 0 Å². The topological polar surface area (TPSA) is 17.1 Å². The van der Waals surface area contributed by atoms with Gasteiger partial charge in [0.15, 0.2) is 5.78 Å². The van der Waals surface area contributed by atoms with E-state index in [1.54, 1.807) is 0 Å². The van der Waals surface area contributed by atoms with Gasteiger partial charge in [0.05, 0.1) is 0 Å². The van der Waals surface area contributed by atoms with E-state index in [-0.39, 0.29) is 0 Å². The van der Waals surface area contributed by atoms with Gasteiger partial charge in [-0.05, 0) is 36.7 Å². The van der Waals surface area contributed by atoms with Crippen LogP contribution >= 0.6 is 0 Å². The Morgan fingerprint density at radius 3 is 2.85 bits per heavy atom. The highest BCUT2D eigenvalue weighted by Gasteiger charge is 2.37. The van der Waals surface area contributed by atoms with Gasteiger partial charge in [0.1, 0.15) is 0 Å². The molecule has 0 aliphatic heterocycles. The molecule has 0 bridgehead atoms. The van der Waals surface area contributed by atoms with Crippen molar-refractivity contribution in [2.45, 2.75) is 45.4 Å². The number of allylic oxidation sites excluding steroid dienone is 2. The van der Waals surface area contributed by atoms with E-state index in [0.29, 0.717) is 11.2 Å². The second-order valence-electron chi connectivity index (χ2n) is 4.68. The first-order valence-electron chi connectivity index (χ1n) is 5.45. The monoisotopic (exact) mass is 178 g/mol. The Morgan fingerprint density at radius 2 is 2.23 bits per heavy atom. The molecule has 2 rings (SSSR count). The van der Waals surface area contributed by atoms with Crippen molar-refractivity contribution in [2.75, 3.05) is 0 Å². The summed E-state index contributed by atoms with van der Waals surface area (Å²) in [5.41, 5.74) is 0.395. The number of rotatable bonds is 0. The van der Waals surface area contributed by atoms with Gasteiger partial charge in [-0.15, -0.1) is 0 Å². The Balaban J connectivity index is 2.18. The van der Waals surface area contributed by atoms with Crippen LogP contribution in [0.2, 0.25) is 0 Å². The molecule has 2 aliphatic rings. The normalized spacial score (nSPS) is 39.8. The van der Waals surface area contributed by atoms with E-state index in [9.17, 15) is 4.79 Å². The number of hydrogen-bond donors (Lipinski definition) is 0. The smallest absolute Gasteiger partial charge is 0.155 e. The summed E-state index contributed by atoms with van der Waals surface area (Å²) in [5.74, 6) is 1.11. The Hall–Kier alpha value is -0.590. The Morgan fingerprint density at radius 1 is 1.38 bits per heavy atom. The van der Waals surface area contributed by atoms with Crippen LogP contribution < -0.4 is 0 Å². The quantitative estimate of drug-likeness (QED) is 0.557. The summed E-state index contributed by atoms with van der Waals surface area (Å²) in [6, 6.07) is 0. The first-order chi connectivity index (χ1) is 6.23. The molecule has 1 nitrogen and oxygen atoms in total. The van der Waals surface area contributed by atoms with Gasteiger partial charge >= 0.3 is 0 Å². The maximum absolute atomic E-state index is 11.1. The number of carbonyl (C=O) groups is 1. The molecule has 1 saturated carbocycles. The Labute approximate surface area is 80.2 Å². The molecule has 1 fully saturated rings. The van der Waals surface area contributed by atoms with Gasteiger partial charge in [0, 0.05) is 6.42 Å². The van der Waals surface area contributed by atoms with Crippen molar-refractivity contribution in [1.29, 1.82) is 0 Å².